The lowest BCUT2D eigenvalue weighted by atomic mass is 9.85. The summed E-state index contributed by atoms with van der Waals surface area (Å²) in [6.07, 6.45) is -11.0. The third-order valence-electron chi connectivity index (χ3n) is 6.76. The summed E-state index contributed by atoms with van der Waals surface area (Å²) in [5, 5.41) is 25.2. The number of furan rings is 1. The standard InChI is InChI=1S/C22H26N4O.3C2HF3O2/c1-17-7-8-19(27-17)16-25-12-9-22(10-13-25)21-23-15-20(26(21)14-11-24-22)18-5-3-2-4-6-18;3*3-2(4,5)1(6)7/h2-8,15,24H,9-14,16H2,1H3;3*(H,6,7). The number of carboxylic acids is 3. The van der Waals surface area contributed by atoms with E-state index in [0.29, 0.717) is 0 Å². The first-order chi connectivity index (χ1) is 22.1. The Morgan fingerprint density at radius 3 is 1.71 bits per heavy atom. The Hall–Kier alpha value is -4.59. The maximum atomic E-state index is 10.6. The molecule has 11 nitrogen and oxygen atoms in total. The number of likely N-dealkylation sites (tertiary alicyclic amines) is 1. The van der Waals surface area contributed by atoms with Gasteiger partial charge in [0, 0.05) is 26.2 Å². The van der Waals surface area contributed by atoms with E-state index in [1.54, 1.807) is 0 Å². The summed E-state index contributed by atoms with van der Waals surface area (Å²) in [6.45, 7) is 7.00. The van der Waals surface area contributed by atoms with Gasteiger partial charge < -0.3 is 29.6 Å². The predicted octanol–water partition coefficient (Wildman–Crippen LogP) is 5.45. The number of aryl methyl sites for hydroxylation is 1. The summed E-state index contributed by atoms with van der Waals surface area (Å²) < 4.78 is 103. The zero-order valence-electron chi connectivity index (χ0n) is 24.8. The number of piperidine rings is 1. The molecular formula is C28H29F9N4O7. The quantitative estimate of drug-likeness (QED) is 0.259. The molecule has 266 valence electrons. The molecule has 4 N–H and O–H groups in total. The molecular weight excluding hydrogens is 675 g/mol. The van der Waals surface area contributed by atoms with Crippen LogP contribution in [0.3, 0.4) is 0 Å². The highest BCUT2D eigenvalue weighted by Crippen LogP contribution is 2.37. The van der Waals surface area contributed by atoms with Crippen molar-refractivity contribution in [1.82, 2.24) is 19.8 Å². The largest absolute Gasteiger partial charge is 0.490 e. The van der Waals surface area contributed by atoms with Gasteiger partial charge in [-0.1, -0.05) is 30.3 Å². The van der Waals surface area contributed by atoms with Crippen LogP contribution in [-0.2, 0) is 33.0 Å². The summed E-state index contributed by atoms with van der Waals surface area (Å²) in [4.78, 5) is 34.1. The number of rotatable bonds is 3. The van der Waals surface area contributed by atoms with Gasteiger partial charge in [0.15, 0.2) is 0 Å². The number of benzene rings is 1. The number of alkyl halides is 9. The van der Waals surface area contributed by atoms with Gasteiger partial charge in [0.2, 0.25) is 0 Å². The van der Waals surface area contributed by atoms with Gasteiger partial charge in [-0.3, -0.25) is 4.90 Å². The third-order valence-corrected chi connectivity index (χ3v) is 6.76. The first kappa shape index (κ1) is 39.6. The maximum absolute atomic E-state index is 10.6. The minimum Gasteiger partial charge on any atom is -0.475 e. The molecule has 1 aromatic carbocycles. The van der Waals surface area contributed by atoms with Crippen molar-refractivity contribution in [2.24, 2.45) is 0 Å². The minimum atomic E-state index is -5.08. The molecule has 0 aliphatic carbocycles. The van der Waals surface area contributed by atoms with E-state index in [0.717, 1.165) is 57.1 Å². The van der Waals surface area contributed by atoms with Gasteiger partial charge in [-0.2, -0.15) is 39.5 Å². The molecule has 2 aliphatic heterocycles. The number of aromatic nitrogens is 2. The van der Waals surface area contributed by atoms with Gasteiger partial charge in [-0.25, -0.2) is 19.4 Å². The van der Waals surface area contributed by atoms with Crippen LogP contribution in [0, 0.1) is 6.92 Å². The summed E-state index contributed by atoms with van der Waals surface area (Å²) in [5.74, 6) is -5.01. The number of nitrogens with one attached hydrogen (secondary N) is 1. The Balaban J connectivity index is 0.000000313. The van der Waals surface area contributed by atoms with Crippen molar-refractivity contribution in [2.45, 2.75) is 56.9 Å². The van der Waals surface area contributed by atoms with E-state index < -0.39 is 36.4 Å². The van der Waals surface area contributed by atoms with E-state index in [2.05, 4.69) is 57.4 Å². The van der Waals surface area contributed by atoms with E-state index in [4.69, 9.17) is 39.1 Å². The summed E-state index contributed by atoms with van der Waals surface area (Å²) in [7, 11) is 0. The average Bonchev–Trinajstić information content (AvgIpc) is 3.61. The van der Waals surface area contributed by atoms with Crippen LogP contribution in [0.15, 0.2) is 53.1 Å². The van der Waals surface area contributed by atoms with Crippen molar-refractivity contribution in [3.63, 3.8) is 0 Å². The smallest absolute Gasteiger partial charge is 0.475 e. The normalized spacial score (nSPS) is 15.8. The maximum Gasteiger partial charge on any atom is 0.490 e. The molecule has 0 radical (unpaired) electrons. The minimum absolute atomic E-state index is 0.000854. The molecule has 0 bridgehead atoms. The molecule has 1 spiro atoms. The number of halogens is 9. The second kappa shape index (κ2) is 16.0. The SMILES string of the molecule is Cc1ccc(CN2CCC3(CC2)NCCn2c(-c4ccccc4)cnc23)o1.O=C(O)C(F)(F)F.O=C(O)C(F)(F)F.O=C(O)C(F)(F)F. The molecule has 20 heteroatoms. The third kappa shape index (κ3) is 11.6. The van der Waals surface area contributed by atoms with Crippen LogP contribution < -0.4 is 5.32 Å². The Kier molecular flexibility index (Phi) is 13.2. The number of fused-ring (bicyclic) bond motifs is 2. The van der Waals surface area contributed by atoms with Crippen molar-refractivity contribution >= 4 is 17.9 Å². The molecule has 4 heterocycles. The number of hydrogen-bond acceptors (Lipinski definition) is 7. The zero-order chi connectivity index (χ0) is 36.5. The highest BCUT2D eigenvalue weighted by Gasteiger charge is 2.42. The Bertz CT molecular complexity index is 1450. The number of hydrogen-bond donors (Lipinski definition) is 4. The lowest BCUT2D eigenvalue weighted by Gasteiger charge is -2.44. The Labute approximate surface area is 265 Å². The first-order valence-corrected chi connectivity index (χ1v) is 13.6. The molecule has 0 unspecified atom stereocenters. The van der Waals surface area contributed by atoms with Gasteiger partial charge in [0.05, 0.1) is 24.0 Å². The lowest BCUT2D eigenvalue weighted by molar-refractivity contribution is -0.193. The first-order valence-electron chi connectivity index (χ1n) is 13.6. The summed E-state index contributed by atoms with van der Waals surface area (Å²) >= 11 is 0. The van der Waals surface area contributed by atoms with Crippen molar-refractivity contribution in [3.8, 4) is 11.3 Å². The number of aliphatic carboxylic acids is 3. The van der Waals surface area contributed by atoms with Crippen LogP contribution >= 0.6 is 0 Å². The van der Waals surface area contributed by atoms with Crippen molar-refractivity contribution in [3.05, 3.63) is 66.0 Å². The van der Waals surface area contributed by atoms with E-state index >= 15 is 0 Å². The van der Waals surface area contributed by atoms with Crippen LogP contribution in [0.4, 0.5) is 39.5 Å². The van der Waals surface area contributed by atoms with Crippen LogP contribution in [0.5, 0.6) is 0 Å². The van der Waals surface area contributed by atoms with Crippen molar-refractivity contribution < 1.29 is 73.6 Å². The summed E-state index contributed by atoms with van der Waals surface area (Å²) in [6, 6.07) is 14.8. The fourth-order valence-electron chi connectivity index (χ4n) is 4.59. The molecule has 48 heavy (non-hydrogen) atoms. The zero-order valence-corrected chi connectivity index (χ0v) is 24.8. The number of carbonyl (C=O) groups is 3. The van der Waals surface area contributed by atoms with E-state index in [1.165, 1.54) is 17.1 Å². The van der Waals surface area contributed by atoms with Crippen LogP contribution in [0.1, 0.15) is 30.2 Å². The van der Waals surface area contributed by atoms with Crippen LogP contribution in [0.2, 0.25) is 0 Å². The van der Waals surface area contributed by atoms with Crippen molar-refractivity contribution in [2.75, 3.05) is 19.6 Å². The Morgan fingerprint density at radius 2 is 1.29 bits per heavy atom. The van der Waals surface area contributed by atoms with Gasteiger partial charge in [0.25, 0.3) is 0 Å². The fraction of sp³-hybridized carbons (Fsp3) is 0.429. The molecule has 0 saturated carbocycles. The second-order valence-electron chi connectivity index (χ2n) is 10.2. The van der Waals surface area contributed by atoms with Crippen LogP contribution in [-0.4, -0.2) is 85.8 Å². The van der Waals surface area contributed by atoms with E-state index in [1.807, 2.05) is 13.0 Å². The fourth-order valence-corrected chi connectivity index (χ4v) is 4.59. The predicted molar refractivity (Wildman–Crippen MR) is 146 cm³/mol. The molecule has 0 amide bonds. The van der Waals surface area contributed by atoms with Crippen molar-refractivity contribution in [1.29, 1.82) is 0 Å². The van der Waals surface area contributed by atoms with E-state index in [-0.39, 0.29) is 5.54 Å². The van der Waals surface area contributed by atoms with Gasteiger partial charge >= 0.3 is 36.4 Å². The monoisotopic (exact) mass is 704 g/mol. The average molecular weight is 705 g/mol. The number of nitrogens with zero attached hydrogens (tertiary/aromatic N) is 3. The molecule has 1 saturated heterocycles. The molecule has 3 aromatic rings. The lowest BCUT2D eigenvalue weighted by Crippen LogP contribution is -2.55. The number of imidazole rings is 1. The molecule has 1 fully saturated rings. The second-order valence-corrected chi connectivity index (χ2v) is 10.2. The highest BCUT2D eigenvalue weighted by atomic mass is 19.4. The van der Waals surface area contributed by atoms with Crippen LogP contribution in [0.25, 0.3) is 11.3 Å². The Morgan fingerprint density at radius 1 is 0.812 bits per heavy atom. The molecule has 0 atom stereocenters. The molecule has 2 aromatic heterocycles. The topological polar surface area (TPSA) is 158 Å². The van der Waals surface area contributed by atoms with Gasteiger partial charge in [0.1, 0.15) is 17.3 Å². The highest BCUT2D eigenvalue weighted by molar-refractivity contribution is 5.73. The molecule has 2 aliphatic rings. The van der Waals surface area contributed by atoms with E-state index in [9.17, 15) is 39.5 Å². The van der Waals surface area contributed by atoms with Gasteiger partial charge in [-0.05, 0) is 37.5 Å². The van der Waals surface area contributed by atoms with Gasteiger partial charge in [-0.15, -0.1) is 0 Å². The summed E-state index contributed by atoms with van der Waals surface area (Å²) in [5.41, 5.74) is 2.49. The molecule has 5 rings (SSSR count). The number of carboxylic acid groups (broad SMARTS) is 3.